The largest absolute Gasteiger partial charge is 0.337 e. The van der Waals surface area contributed by atoms with Crippen molar-refractivity contribution in [3.8, 4) is 11.8 Å². The van der Waals surface area contributed by atoms with E-state index in [1.165, 1.54) is 11.8 Å². The van der Waals surface area contributed by atoms with Crippen molar-refractivity contribution < 1.29 is 4.79 Å². The van der Waals surface area contributed by atoms with E-state index in [-0.39, 0.29) is 23.6 Å². The summed E-state index contributed by atoms with van der Waals surface area (Å²) in [5, 5.41) is 22.2. The molecule has 1 amide bonds. The van der Waals surface area contributed by atoms with Gasteiger partial charge in [-0.2, -0.15) is 5.26 Å². The highest BCUT2D eigenvalue weighted by molar-refractivity contribution is 7.99. The maximum absolute atomic E-state index is 12.5. The van der Waals surface area contributed by atoms with Gasteiger partial charge in [0.1, 0.15) is 5.54 Å². The molecular weight excluding hydrogens is 408 g/mol. The molecule has 0 spiro atoms. The maximum Gasteiger partial charge on any atom is 0.231 e. The van der Waals surface area contributed by atoms with Gasteiger partial charge in [-0.3, -0.25) is 14.3 Å². The minimum absolute atomic E-state index is 0.00767. The summed E-state index contributed by atoms with van der Waals surface area (Å²) in [4.78, 5) is 14.5. The third kappa shape index (κ3) is 5.50. The molecule has 2 atom stereocenters. The summed E-state index contributed by atoms with van der Waals surface area (Å²) in [6.45, 7) is 7.58. The van der Waals surface area contributed by atoms with Crippen LogP contribution < -0.4 is 5.32 Å². The van der Waals surface area contributed by atoms with E-state index in [4.69, 9.17) is 11.6 Å². The van der Waals surface area contributed by atoms with Gasteiger partial charge in [-0.05, 0) is 58.1 Å². The Hall–Kier alpha value is -2.08. The zero-order valence-corrected chi connectivity index (χ0v) is 19.2. The fourth-order valence-corrected chi connectivity index (χ4v) is 3.35. The van der Waals surface area contributed by atoms with Gasteiger partial charge < -0.3 is 5.32 Å². The highest BCUT2D eigenvalue weighted by atomic mass is 35.5. The molecule has 0 aliphatic heterocycles. The number of thioether (sulfide) groups is 1. The Labute approximate surface area is 181 Å². The second-order valence-corrected chi connectivity index (χ2v) is 8.98. The van der Waals surface area contributed by atoms with Gasteiger partial charge >= 0.3 is 0 Å². The molecule has 2 unspecified atom stereocenters. The van der Waals surface area contributed by atoms with Crippen LogP contribution in [0.2, 0.25) is 5.02 Å². The Morgan fingerprint density at radius 3 is 2.45 bits per heavy atom. The summed E-state index contributed by atoms with van der Waals surface area (Å²) in [6, 6.07) is 9.62. The molecule has 29 heavy (non-hydrogen) atoms. The Morgan fingerprint density at radius 1 is 1.31 bits per heavy atom. The van der Waals surface area contributed by atoms with Crippen molar-refractivity contribution in [3.05, 3.63) is 35.1 Å². The number of nitrogens with one attached hydrogen (secondary N) is 1. The van der Waals surface area contributed by atoms with Gasteiger partial charge in [0.2, 0.25) is 5.91 Å². The highest BCUT2D eigenvalue weighted by Gasteiger charge is 2.30. The maximum atomic E-state index is 12.5. The number of hydrogen-bond acceptors (Lipinski definition) is 6. The predicted molar refractivity (Wildman–Crippen MR) is 116 cm³/mol. The first kappa shape index (κ1) is 23.2. The van der Waals surface area contributed by atoms with E-state index in [1.54, 1.807) is 6.92 Å². The fourth-order valence-electron chi connectivity index (χ4n) is 2.47. The van der Waals surface area contributed by atoms with Crippen molar-refractivity contribution in [2.75, 3.05) is 19.8 Å². The first-order valence-corrected chi connectivity index (χ1v) is 10.7. The Kier molecular flexibility index (Phi) is 7.69. The van der Waals surface area contributed by atoms with Crippen LogP contribution in [0.4, 0.5) is 0 Å². The van der Waals surface area contributed by atoms with Crippen molar-refractivity contribution in [1.29, 1.82) is 5.26 Å². The smallest absolute Gasteiger partial charge is 0.231 e. The molecule has 0 radical (unpaired) electrons. The molecule has 2 rings (SSSR count). The van der Waals surface area contributed by atoms with Crippen LogP contribution in [-0.2, 0) is 4.79 Å². The van der Waals surface area contributed by atoms with Crippen LogP contribution in [0.5, 0.6) is 0 Å². The summed E-state index contributed by atoms with van der Waals surface area (Å²) in [5.74, 6) is 0.670. The van der Waals surface area contributed by atoms with Crippen LogP contribution >= 0.6 is 23.4 Å². The Balaban J connectivity index is 2.28. The van der Waals surface area contributed by atoms with E-state index in [9.17, 15) is 10.1 Å². The number of rotatable bonds is 8. The molecule has 0 saturated heterocycles. The number of nitriles is 1. The minimum Gasteiger partial charge on any atom is -0.337 e. The van der Waals surface area contributed by atoms with Gasteiger partial charge in [-0.25, -0.2) is 0 Å². The second kappa shape index (κ2) is 9.61. The SMILES string of the molecule is CC(c1nnc(SCC(=O)NC(C)(C#N)C(C)C)n1-c1ccc(Cl)cc1)N(C)C. The van der Waals surface area contributed by atoms with Crippen LogP contribution in [0.15, 0.2) is 29.4 Å². The molecule has 1 aromatic heterocycles. The molecule has 1 N–H and O–H groups in total. The molecule has 1 heterocycles. The number of nitrogens with zero attached hydrogens (tertiary/aromatic N) is 5. The minimum atomic E-state index is -0.911. The average Bonchev–Trinajstić information content (AvgIpc) is 3.09. The van der Waals surface area contributed by atoms with E-state index < -0.39 is 5.54 Å². The van der Waals surface area contributed by atoms with Gasteiger partial charge in [-0.15, -0.1) is 10.2 Å². The zero-order chi connectivity index (χ0) is 21.8. The third-order valence-electron chi connectivity index (χ3n) is 5.01. The molecule has 2 aromatic rings. The van der Waals surface area contributed by atoms with Crippen LogP contribution in [0.3, 0.4) is 0 Å². The number of benzene rings is 1. The van der Waals surface area contributed by atoms with Gasteiger partial charge in [0.15, 0.2) is 11.0 Å². The number of amides is 1. The zero-order valence-electron chi connectivity index (χ0n) is 17.6. The van der Waals surface area contributed by atoms with Gasteiger partial charge in [0, 0.05) is 10.7 Å². The molecular formula is C20H27ClN6OS. The predicted octanol–water partition coefficient (Wildman–Crippen LogP) is 3.69. The summed E-state index contributed by atoms with van der Waals surface area (Å²) < 4.78 is 1.94. The Morgan fingerprint density at radius 2 is 1.93 bits per heavy atom. The summed E-state index contributed by atoms with van der Waals surface area (Å²) in [5.41, 5.74) is -0.0402. The molecule has 0 fully saturated rings. The second-order valence-electron chi connectivity index (χ2n) is 7.60. The molecule has 9 heteroatoms. The monoisotopic (exact) mass is 434 g/mol. The fraction of sp³-hybridized carbons (Fsp3) is 0.500. The third-order valence-corrected chi connectivity index (χ3v) is 6.19. The van der Waals surface area contributed by atoms with Crippen molar-refractivity contribution in [2.24, 2.45) is 5.92 Å². The topological polar surface area (TPSA) is 86.8 Å². The molecule has 0 aliphatic carbocycles. The van der Waals surface area contributed by atoms with Crippen molar-refractivity contribution in [2.45, 2.75) is 44.4 Å². The number of halogens is 1. The van der Waals surface area contributed by atoms with E-state index >= 15 is 0 Å². The van der Waals surface area contributed by atoms with Crippen molar-refractivity contribution >= 4 is 29.3 Å². The van der Waals surface area contributed by atoms with Crippen LogP contribution in [-0.4, -0.2) is 51.0 Å². The summed E-state index contributed by atoms with van der Waals surface area (Å²) >= 11 is 7.32. The van der Waals surface area contributed by atoms with E-state index in [2.05, 4.69) is 21.6 Å². The standard InChI is InChI=1S/C20H27ClN6OS/c1-13(2)20(4,12-22)23-17(28)11-29-19-25-24-18(14(3)26(5)6)27(19)16-9-7-15(21)8-10-16/h7-10,13-14H,11H2,1-6H3,(H,23,28). The molecule has 156 valence electrons. The van der Waals surface area contributed by atoms with Gasteiger partial charge in [0.05, 0.1) is 17.9 Å². The summed E-state index contributed by atoms with van der Waals surface area (Å²) in [6.07, 6.45) is 0. The molecule has 7 nitrogen and oxygen atoms in total. The first-order valence-electron chi connectivity index (χ1n) is 9.31. The number of aromatic nitrogens is 3. The Bertz CT molecular complexity index is 889. The molecule has 0 saturated carbocycles. The van der Waals surface area contributed by atoms with Crippen molar-refractivity contribution in [3.63, 3.8) is 0 Å². The number of hydrogen-bond donors (Lipinski definition) is 1. The van der Waals surface area contributed by atoms with Crippen LogP contribution in [0, 0.1) is 17.2 Å². The summed E-state index contributed by atoms with van der Waals surface area (Å²) in [7, 11) is 3.95. The van der Waals surface area contributed by atoms with E-state index in [1.807, 2.05) is 68.6 Å². The quantitative estimate of drug-likeness (QED) is 0.637. The van der Waals surface area contributed by atoms with Crippen LogP contribution in [0.25, 0.3) is 5.69 Å². The normalized spacial score (nSPS) is 14.5. The van der Waals surface area contributed by atoms with Gasteiger partial charge in [0.25, 0.3) is 0 Å². The number of carbonyl (C=O) groups excluding carboxylic acids is 1. The van der Waals surface area contributed by atoms with Crippen LogP contribution in [0.1, 0.15) is 39.6 Å². The van der Waals surface area contributed by atoms with E-state index in [0.29, 0.717) is 10.2 Å². The average molecular weight is 435 g/mol. The molecule has 0 bridgehead atoms. The van der Waals surface area contributed by atoms with Crippen molar-refractivity contribution in [1.82, 2.24) is 25.0 Å². The van der Waals surface area contributed by atoms with E-state index in [0.717, 1.165) is 11.5 Å². The highest BCUT2D eigenvalue weighted by Crippen LogP contribution is 2.27. The lowest BCUT2D eigenvalue weighted by atomic mass is 9.90. The lowest BCUT2D eigenvalue weighted by molar-refractivity contribution is -0.120. The first-order chi connectivity index (χ1) is 13.6. The van der Waals surface area contributed by atoms with Gasteiger partial charge in [-0.1, -0.05) is 37.2 Å². The lowest BCUT2D eigenvalue weighted by Gasteiger charge is -2.27. The number of carbonyl (C=O) groups is 1. The molecule has 0 aliphatic rings. The lowest BCUT2D eigenvalue weighted by Crippen LogP contribution is -2.49. The molecule has 1 aromatic carbocycles.